The summed E-state index contributed by atoms with van der Waals surface area (Å²) < 4.78 is 30.7. The second-order valence-electron chi connectivity index (χ2n) is 4.93. The molecule has 1 aromatic rings. The van der Waals surface area contributed by atoms with E-state index >= 15 is 0 Å². The Kier molecular flexibility index (Phi) is 6.20. The van der Waals surface area contributed by atoms with E-state index in [9.17, 15) is 13.2 Å². The molecule has 5 nitrogen and oxygen atoms in total. The third kappa shape index (κ3) is 4.46. The van der Waals surface area contributed by atoms with Crippen LogP contribution in [0.15, 0.2) is 24.3 Å². The van der Waals surface area contributed by atoms with Crippen LogP contribution in [0.3, 0.4) is 0 Å². The quantitative estimate of drug-likeness (QED) is 0.726. The molecule has 1 aromatic carbocycles. The van der Waals surface area contributed by atoms with Crippen LogP contribution in [-0.4, -0.2) is 33.3 Å². The second kappa shape index (κ2) is 7.45. The predicted molar refractivity (Wildman–Crippen MR) is 84.0 cm³/mol. The maximum absolute atomic E-state index is 12.3. The molecule has 0 heterocycles. The van der Waals surface area contributed by atoms with Crippen LogP contribution in [0.1, 0.15) is 39.2 Å². The molecule has 0 bridgehead atoms. The Bertz CT molecular complexity index is 581. The lowest BCUT2D eigenvalue weighted by atomic mass is 10.0. The first-order valence-corrected chi connectivity index (χ1v) is 8.69. The monoisotopic (exact) mass is 313 g/mol. The Morgan fingerprint density at radius 3 is 2.38 bits per heavy atom. The predicted octanol–water partition coefficient (Wildman–Crippen LogP) is 2.53. The fourth-order valence-corrected chi connectivity index (χ4v) is 3.10. The van der Waals surface area contributed by atoms with Crippen LogP contribution in [0.2, 0.25) is 0 Å². The van der Waals surface area contributed by atoms with Gasteiger partial charge in [-0.2, -0.15) is 0 Å². The fourth-order valence-electron chi connectivity index (χ4n) is 2.02. The number of carbonyl (C=O) groups excluding carboxylic acids is 1. The summed E-state index contributed by atoms with van der Waals surface area (Å²) in [5.41, 5.74) is 1.43. The first-order valence-electron chi connectivity index (χ1n) is 7.08. The lowest BCUT2D eigenvalue weighted by Gasteiger charge is -2.26. The van der Waals surface area contributed by atoms with Crippen LogP contribution in [-0.2, 0) is 19.6 Å². The van der Waals surface area contributed by atoms with Gasteiger partial charge in [-0.1, -0.05) is 32.0 Å². The van der Waals surface area contributed by atoms with Gasteiger partial charge in [-0.05, 0) is 31.4 Å². The largest absolute Gasteiger partial charge is 0.465 e. The highest BCUT2D eigenvalue weighted by Gasteiger charge is 2.26. The number of para-hydroxylation sites is 1. The summed E-state index contributed by atoms with van der Waals surface area (Å²) in [6, 6.07) is 7.23. The van der Waals surface area contributed by atoms with Gasteiger partial charge in [0.2, 0.25) is 10.0 Å². The average Bonchev–Trinajstić information content (AvgIpc) is 2.45. The zero-order valence-electron chi connectivity index (χ0n) is 13.0. The Morgan fingerprint density at radius 2 is 1.86 bits per heavy atom. The molecule has 0 unspecified atom stereocenters. The Labute approximate surface area is 127 Å². The van der Waals surface area contributed by atoms with Crippen LogP contribution < -0.4 is 4.31 Å². The van der Waals surface area contributed by atoms with Crippen molar-refractivity contribution in [2.45, 2.75) is 33.6 Å². The minimum atomic E-state index is -3.55. The smallest absolute Gasteiger partial charge is 0.326 e. The number of anilines is 1. The lowest BCUT2D eigenvalue weighted by Crippen LogP contribution is -2.38. The van der Waals surface area contributed by atoms with E-state index in [0.29, 0.717) is 5.69 Å². The van der Waals surface area contributed by atoms with E-state index in [2.05, 4.69) is 0 Å². The van der Waals surface area contributed by atoms with Crippen molar-refractivity contribution in [3.05, 3.63) is 29.8 Å². The van der Waals surface area contributed by atoms with Gasteiger partial charge in [0, 0.05) is 0 Å². The third-order valence-corrected chi connectivity index (χ3v) is 4.83. The molecule has 0 aliphatic rings. The van der Waals surface area contributed by atoms with Gasteiger partial charge < -0.3 is 4.74 Å². The summed E-state index contributed by atoms with van der Waals surface area (Å²) in [6.45, 7) is 7.16. The number of hydrogen-bond acceptors (Lipinski definition) is 4. The molecule has 0 atom stereocenters. The maximum atomic E-state index is 12.3. The topological polar surface area (TPSA) is 63.7 Å². The van der Waals surface area contributed by atoms with E-state index < -0.39 is 16.0 Å². The number of hydrogen-bond donors (Lipinski definition) is 0. The molecular weight excluding hydrogens is 290 g/mol. The van der Waals surface area contributed by atoms with Crippen LogP contribution in [0.25, 0.3) is 0 Å². The van der Waals surface area contributed by atoms with Crippen molar-refractivity contribution in [3.8, 4) is 0 Å². The molecule has 0 aromatic heterocycles. The molecule has 0 saturated heterocycles. The van der Waals surface area contributed by atoms with Crippen LogP contribution >= 0.6 is 0 Å². The minimum absolute atomic E-state index is 0.0706. The van der Waals surface area contributed by atoms with Gasteiger partial charge >= 0.3 is 5.97 Å². The molecule has 0 spiro atoms. The molecule has 0 N–H and O–H groups in total. The summed E-state index contributed by atoms with van der Waals surface area (Å²) in [7, 11) is -3.55. The van der Waals surface area contributed by atoms with E-state index in [1.165, 1.54) is 0 Å². The zero-order valence-corrected chi connectivity index (χ0v) is 13.8. The van der Waals surface area contributed by atoms with Crippen LogP contribution in [0, 0.1) is 0 Å². The van der Waals surface area contributed by atoms with E-state index in [-0.39, 0.29) is 24.8 Å². The first kappa shape index (κ1) is 17.5. The fraction of sp³-hybridized carbons (Fsp3) is 0.533. The molecule has 0 radical (unpaired) electrons. The molecule has 0 saturated carbocycles. The number of carbonyl (C=O) groups is 1. The van der Waals surface area contributed by atoms with E-state index in [1.54, 1.807) is 26.0 Å². The molecule has 21 heavy (non-hydrogen) atoms. The number of rotatable bonds is 7. The summed E-state index contributed by atoms with van der Waals surface area (Å²) in [5.74, 6) is -0.468. The summed E-state index contributed by atoms with van der Waals surface area (Å²) in [4.78, 5) is 11.7. The summed E-state index contributed by atoms with van der Waals surface area (Å²) in [6.07, 6.45) is 0. The van der Waals surface area contributed by atoms with Gasteiger partial charge in [0.1, 0.15) is 6.54 Å². The first-order chi connectivity index (χ1) is 9.83. The Hall–Kier alpha value is -1.56. The van der Waals surface area contributed by atoms with Gasteiger partial charge in [-0.15, -0.1) is 0 Å². The van der Waals surface area contributed by atoms with Crippen molar-refractivity contribution in [2.24, 2.45) is 0 Å². The number of esters is 1. The maximum Gasteiger partial charge on any atom is 0.326 e. The van der Waals surface area contributed by atoms with Crippen molar-refractivity contribution in [1.82, 2.24) is 0 Å². The van der Waals surface area contributed by atoms with Crippen LogP contribution in [0.4, 0.5) is 5.69 Å². The van der Waals surface area contributed by atoms with Gasteiger partial charge in [0.25, 0.3) is 0 Å². The highest BCUT2D eigenvalue weighted by molar-refractivity contribution is 7.92. The molecule has 1 rings (SSSR count). The van der Waals surface area contributed by atoms with Crippen molar-refractivity contribution in [3.63, 3.8) is 0 Å². The van der Waals surface area contributed by atoms with Gasteiger partial charge in [-0.25, -0.2) is 8.42 Å². The standard InChI is InChI=1S/C15H23NO4S/c1-5-20-15(17)11-16(21(18,19)6-2)14-10-8-7-9-13(14)12(3)4/h7-10,12H,5-6,11H2,1-4H3. The average molecular weight is 313 g/mol. The van der Waals surface area contributed by atoms with Crippen molar-refractivity contribution in [2.75, 3.05) is 23.2 Å². The number of ether oxygens (including phenoxy) is 1. The summed E-state index contributed by atoms with van der Waals surface area (Å²) in [5, 5.41) is 0. The Morgan fingerprint density at radius 1 is 1.24 bits per heavy atom. The third-order valence-electron chi connectivity index (χ3n) is 3.11. The lowest BCUT2D eigenvalue weighted by molar-refractivity contribution is -0.141. The Balaban J connectivity index is 3.28. The molecule has 0 aliphatic heterocycles. The minimum Gasteiger partial charge on any atom is -0.465 e. The van der Waals surface area contributed by atoms with Crippen molar-refractivity contribution < 1.29 is 17.9 Å². The van der Waals surface area contributed by atoms with Gasteiger partial charge in [0.05, 0.1) is 18.0 Å². The SMILES string of the molecule is CCOC(=O)CN(c1ccccc1C(C)C)S(=O)(=O)CC. The van der Waals surface area contributed by atoms with E-state index in [4.69, 9.17) is 4.74 Å². The molecule has 0 fully saturated rings. The van der Waals surface area contributed by atoms with Crippen molar-refractivity contribution >= 4 is 21.7 Å². The van der Waals surface area contributed by atoms with E-state index in [1.807, 2.05) is 26.0 Å². The van der Waals surface area contributed by atoms with Gasteiger partial charge in [-0.3, -0.25) is 9.10 Å². The molecule has 6 heteroatoms. The number of nitrogens with zero attached hydrogens (tertiary/aromatic N) is 1. The molecular formula is C15H23NO4S. The van der Waals surface area contributed by atoms with Gasteiger partial charge in [0.15, 0.2) is 0 Å². The highest BCUT2D eigenvalue weighted by Crippen LogP contribution is 2.29. The molecule has 0 aliphatic carbocycles. The molecule has 0 amide bonds. The zero-order chi connectivity index (χ0) is 16.0. The highest BCUT2D eigenvalue weighted by atomic mass is 32.2. The van der Waals surface area contributed by atoms with Crippen molar-refractivity contribution in [1.29, 1.82) is 0 Å². The number of sulfonamides is 1. The number of benzene rings is 1. The van der Waals surface area contributed by atoms with Crippen LogP contribution in [0.5, 0.6) is 0 Å². The normalized spacial score (nSPS) is 11.5. The van der Waals surface area contributed by atoms with E-state index in [0.717, 1.165) is 9.87 Å². The second-order valence-corrected chi connectivity index (χ2v) is 7.11. The summed E-state index contributed by atoms with van der Waals surface area (Å²) >= 11 is 0. The molecule has 118 valence electrons.